The first-order chi connectivity index (χ1) is 12.2. The second-order valence-electron chi connectivity index (χ2n) is 5.90. The molecule has 0 aliphatic heterocycles. The van der Waals surface area contributed by atoms with Gasteiger partial charge in [0.15, 0.2) is 5.65 Å². The Morgan fingerprint density at radius 3 is 2.28 bits per heavy atom. The third-order valence-electron chi connectivity index (χ3n) is 4.08. The van der Waals surface area contributed by atoms with Crippen molar-refractivity contribution in [2.45, 2.75) is 6.92 Å². The van der Waals surface area contributed by atoms with E-state index in [4.69, 9.17) is 0 Å². The van der Waals surface area contributed by atoms with E-state index in [-0.39, 0.29) is 5.91 Å². The maximum absolute atomic E-state index is 11.4. The third kappa shape index (κ3) is 3.02. The Balaban J connectivity index is 1.71. The summed E-state index contributed by atoms with van der Waals surface area (Å²) in [6, 6.07) is 22.4. The van der Waals surface area contributed by atoms with Crippen LogP contribution in [0.25, 0.3) is 28.0 Å². The molecule has 0 fully saturated rings. The first-order valence-corrected chi connectivity index (χ1v) is 8.12. The zero-order valence-corrected chi connectivity index (χ0v) is 13.8. The van der Waals surface area contributed by atoms with Gasteiger partial charge in [-0.15, -0.1) is 0 Å². The van der Waals surface area contributed by atoms with Gasteiger partial charge >= 0.3 is 0 Å². The van der Waals surface area contributed by atoms with Crippen molar-refractivity contribution in [2.24, 2.45) is 0 Å². The van der Waals surface area contributed by atoms with Gasteiger partial charge in [0, 0.05) is 24.9 Å². The molecule has 1 N–H and O–H groups in total. The molecule has 0 bridgehead atoms. The fourth-order valence-electron chi connectivity index (χ4n) is 2.90. The third-order valence-corrected chi connectivity index (χ3v) is 4.08. The van der Waals surface area contributed by atoms with Crippen molar-refractivity contribution < 1.29 is 4.79 Å². The van der Waals surface area contributed by atoms with E-state index in [9.17, 15) is 4.79 Å². The van der Waals surface area contributed by atoms with Crippen molar-refractivity contribution in [2.75, 3.05) is 5.32 Å². The van der Waals surface area contributed by atoms with Crippen LogP contribution in [0, 0.1) is 0 Å². The molecule has 0 saturated heterocycles. The van der Waals surface area contributed by atoms with Crippen LogP contribution in [-0.2, 0) is 4.79 Å². The van der Waals surface area contributed by atoms with Gasteiger partial charge in [-0.05, 0) is 23.3 Å². The lowest BCUT2D eigenvalue weighted by Gasteiger charge is -2.03. The van der Waals surface area contributed by atoms with Crippen LogP contribution in [0.2, 0.25) is 0 Å². The van der Waals surface area contributed by atoms with Gasteiger partial charge in [-0.3, -0.25) is 4.79 Å². The monoisotopic (exact) mass is 327 g/mol. The number of hydrogen-bond donors (Lipinski definition) is 1. The number of amides is 1. The molecule has 0 aliphatic carbocycles. The molecule has 0 spiro atoms. The number of pyridine rings is 1. The Bertz CT molecular complexity index is 1030. The maximum atomic E-state index is 11.4. The number of nitrogens with one attached hydrogen (secondary N) is 1. The number of aromatic nitrogens is 2. The lowest BCUT2D eigenvalue weighted by atomic mass is 10.0. The smallest absolute Gasteiger partial charge is 0.221 e. The lowest BCUT2D eigenvalue weighted by Crippen LogP contribution is -2.06. The molecule has 122 valence electrons. The molecule has 0 atom stereocenters. The normalized spacial score (nSPS) is 10.8. The minimum absolute atomic E-state index is 0.107. The second kappa shape index (κ2) is 6.24. The van der Waals surface area contributed by atoms with Crippen LogP contribution in [0.15, 0.2) is 79.1 Å². The summed E-state index contributed by atoms with van der Waals surface area (Å²) in [4.78, 5) is 16.0. The number of imidazole rings is 1. The van der Waals surface area contributed by atoms with Crippen LogP contribution in [0.1, 0.15) is 6.92 Å². The minimum atomic E-state index is -0.107. The van der Waals surface area contributed by atoms with Crippen molar-refractivity contribution in [3.8, 4) is 22.4 Å². The summed E-state index contributed by atoms with van der Waals surface area (Å²) < 4.78 is 1.92. The van der Waals surface area contributed by atoms with Crippen molar-refractivity contribution in [1.82, 2.24) is 9.38 Å². The molecule has 4 nitrogen and oxygen atoms in total. The number of carbonyl (C=O) groups excluding carboxylic acids is 1. The quantitative estimate of drug-likeness (QED) is 0.596. The van der Waals surface area contributed by atoms with Crippen LogP contribution >= 0.6 is 0 Å². The van der Waals surface area contributed by atoms with Crippen molar-refractivity contribution >= 4 is 17.2 Å². The van der Waals surface area contributed by atoms with Gasteiger partial charge in [0.1, 0.15) is 0 Å². The van der Waals surface area contributed by atoms with Crippen LogP contribution in [0.3, 0.4) is 0 Å². The van der Waals surface area contributed by atoms with Gasteiger partial charge in [-0.25, -0.2) is 4.98 Å². The lowest BCUT2D eigenvalue weighted by molar-refractivity contribution is -0.114. The van der Waals surface area contributed by atoms with Crippen LogP contribution in [0.4, 0.5) is 5.69 Å². The molecule has 1 amide bonds. The summed E-state index contributed by atoms with van der Waals surface area (Å²) in [5, 5.41) is 2.82. The summed E-state index contributed by atoms with van der Waals surface area (Å²) in [5.41, 5.74) is 5.72. The highest BCUT2D eigenvalue weighted by atomic mass is 16.1. The van der Waals surface area contributed by atoms with Crippen LogP contribution in [0.5, 0.6) is 0 Å². The SMILES string of the molecule is CC(=O)Nc1cccn2cc(-c3ccc(-c4ccccc4)cc3)nc12. The summed E-state index contributed by atoms with van der Waals surface area (Å²) in [6.45, 7) is 1.50. The van der Waals surface area contributed by atoms with Gasteiger partial charge in [-0.1, -0.05) is 54.6 Å². The number of fused-ring (bicyclic) bond motifs is 1. The molecule has 4 heteroatoms. The predicted molar refractivity (Wildman–Crippen MR) is 100 cm³/mol. The Hall–Kier alpha value is -3.40. The van der Waals surface area contributed by atoms with E-state index in [1.54, 1.807) is 0 Å². The van der Waals surface area contributed by atoms with Crippen molar-refractivity contribution in [3.63, 3.8) is 0 Å². The first-order valence-electron chi connectivity index (χ1n) is 8.12. The zero-order chi connectivity index (χ0) is 17.2. The number of anilines is 1. The summed E-state index contributed by atoms with van der Waals surface area (Å²) in [5.74, 6) is -0.107. The van der Waals surface area contributed by atoms with Gasteiger partial charge in [0.2, 0.25) is 5.91 Å². The molecule has 4 aromatic rings. The summed E-state index contributed by atoms with van der Waals surface area (Å²) >= 11 is 0. The average Bonchev–Trinajstić information content (AvgIpc) is 3.08. The molecule has 2 heterocycles. The van der Waals surface area contributed by atoms with Crippen molar-refractivity contribution in [3.05, 3.63) is 79.1 Å². The Morgan fingerprint density at radius 1 is 0.880 bits per heavy atom. The van der Waals surface area contributed by atoms with Gasteiger partial charge < -0.3 is 9.72 Å². The van der Waals surface area contributed by atoms with Gasteiger partial charge in [-0.2, -0.15) is 0 Å². The number of nitrogens with zero attached hydrogens (tertiary/aromatic N) is 2. The zero-order valence-electron chi connectivity index (χ0n) is 13.8. The molecular weight excluding hydrogens is 310 g/mol. The molecule has 0 unspecified atom stereocenters. The highest BCUT2D eigenvalue weighted by molar-refractivity contribution is 5.93. The van der Waals surface area contributed by atoms with E-state index in [0.717, 1.165) is 16.9 Å². The fraction of sp³-hybridized carbons (Fsp3) is 0.0476. The molecule has 2 aromatic carbocycles. The molecule has 0 radical (unpaired) electrons. The summed E-state index contributed by atoms with van der Waals surface area (Å²) in [6.07, 6.45) is 3.90. The Kier molecular flexibility index (Phi) is 3.78. The van der Waals surface area contributed by atoms with Gasteiger partial charge in [0.05, 0.1) is 11.4 Å². The highest BCUT2D eigenvalue weighted by Crippen LogP contribution is 2.26. The topological polar surface area (TPSA) is 46.4 Å². The van der Waals surface area contributed by atoms with E-state index < -0.39 is 0 Å². The van der Waals surface area contributed by atoms with Gasteiger partial charge in [0.25, 0.3) is 0 Å². The second-order valence-corrected chi connectivity index (χ2v) is 5.90. The number of hydrogen-bond acceptors (Lipinski definition) is 2. The van der Waals surface area contributed by atoms with Crippen LogP contribution < -0.4 is 5.32 Å². The van der Waals surface area contributed by atoms with E-state index in [2.05, 4.69) is 46.7 Å². The Morgan fingerprint density at radius 2 is 1.56 bits per heavy atom. The molecule has 4 rings (SSSR count). The molecule has 0 aliphatic rings. The molecule has 2 aromatic heterocycles. The number of benzene rings is 2. The highest BCUT2D eigenvalue weighted by Gasteiger charge is 2.09. The molecular formula is C21H17N3O. The average molecular weight is 327 g/mol. The molecule has 0 saturated carbocycles. The van der Waals surface area contributed by atoms with E-state index >= 15 is 0 Å². The largest absolute Gasteiger partial charge is 0.323 e. The van der Waals surface area contributed by atoms with Crippen molar-refractivity contribution in [1.29, 1.82) is 0 Å². The summed E-state index contributed by atoms with van der Waals surface area (Å²) in [7, 11) is 0. The standard InChI is InChI=1S/C21H17N3O/c1-15(25)22-19-8-5-13-24-14-20(23-21(19)24)18-11-9-17(10-12-18)16-6-3-2-4-7-16/h2-14H,1H3,(H,22,25). The van der Waals surface area contributed by atoms with E-state index in [1.165, 1.54) is 18.1 Å². The van der Waals surface area contributed by atoms with Crippen LogP contribution in [-0.4, -0.2) is 15.3 Å². The van der Waals surface area contributed by atoms with E-state index in [0.29, 0.717) is 5.69 Å². The number of rotatable bonds is 3. The predicted octanol–water partition coefficient (Wildman–Crippen LogP) is 4.63. The Labute approximate surface area is 145 Å². The minimum Gasteiger partial charge on any atom is -0.323 e. The first kappa shape index (κ1) is 15.1. The maximum Gasteiger partial charge on any atom is 0.221 e. The number of carbonyl (C=O) groups is 1. The van der Waals surface area contributed by atoms with E-state index in [1.807, 2.05) is 47.1 Å². The fourth-order valence-corrected chi connectivity index (χ4v) is 2.90. The molecule has 25 heavy (non-hydrogen) atoms.